The minimum atomic E-state index is -0.939. The molecule has 2 atom stereocenters. The van der Waals surface area contributed by atoms with Crippen LogP contribution in [0.3, 0.4) is 0 Å². The highest BCUT2D eigenvalue weighted by Crippen LogP contribution is 2.46. The SMILES string of the molecule is CC(=O)OC1C(=O)N(CCCN2CCC(C(=O)c3ccc(F)cc3)CC2)c2ccccc2SC1c1ccccc1. The smallest absolute Gasteiger partial charge is 0.303 e. The number of nitrogens with zero attached hydrogens (tertiary/aromatic N) is 2. The molecule has 1 amide bonds. The molecule has 1 fully saturated rings. The van der Waals surface area contributed by atoms with E-state index in [1.165, 1.54) is 19.1 Å². The summed E-state index contributed by atoms with van der Waals surface area (Å²) in [5, 5.41) is -0.360. The molecule has 3 aromatic carbocycles. The molecule has 2 aliphatic heterocycles. The van der Waals surface area contributed by atoms with Crippen LogP contribution in [0.2, 0.25) is 0 Å². The van der Waals surface area contributed by atoms with Gasteiger partial charge in [-0.3, -0.25) is 14.4 Å². The molecular weight excluding hydrogens is 527 g/mol. The Morgan fingerprint density at radius 2 is 1.60 bits per heavy atom. The second-order valence-electron chi connectivity index (χ2n) is 10.3. The second kappa shape index (κ2) is 12.8. The molecule has 3 aromatic rings. The maximum Gasteiger partial charge on any atom is 0.303 e. The van der Waals surface area contributed by atoms with Gasteiger partial charge in [-0.05, 0) is 80.9 Å². The molecule has 2 unspecified atom stereocenters. The van der Waals surface area contributed by atoms with Crippen LogP contribution in [0.5, 0.6) is 0 Å². The Morgan fingerprint density at radius 1 is 0.925 bits per heavy atom. The lowest BCUT2D eigenvalue weighted by atomic mass is 9.89. The lowest BCUT2D eigenvalue weighted by Gasteiger charge is -2.32. The normalized spacial score (nSPS) is 20.1. The number of carbonyl (C=O) groups excluding carboxylic acids is 3. The molecule has 6 nitrogen and oxygen atoms in total. The van der Waals surface area contributed by atoms with Gasteiger partial charge in [0.05, 0.1) is 10.9 Å². The first-order valence-corrected chi connectivity index (χ1v) is 14.6. The van der Waals surface area contributed by atoms with E-state index in [9.17, 15) is 18.8 Å². The molecule has 0 spiro atoms. The Labute approximate surface area is 238 Å². The number of ether oxygens (including phenoxy) is 1. The largest absolute Gasteiger partial charge is 0.451 e. The number of ketones is 1. The first-order valence-electron chi connectivity index (χ1n) is 13.7. The fourth-order valence-corrected chi connectivity index (χ4v) is 6.83. The van der Waals surface area contributed by atoms with Gasteiger partial charge in [-0.15, -0.1) is 11.8 Å². The zero-order valence-electron chi connectivity index (χ0n) is 22.5. The van der Waals surface area contributed by atoms with E-state index < -0.39 is 12.1 Å². The number of amides is 1. The summed E-state index contributed by atoms with van der Waals surface area (Å²) in [5.41, 5.74) is 2.32. The number of benzene rings is 3. The van der Waals surface area contributed by atoms with Crippen molar-refractivity contribution in [3.8, 4) is 0 Å². The first-order chi connectivity index (χ1) is 19.4. The third-order valence-corrected chi connectivity index (χ3v) is 8.93. The molecule has 2 aliphatic rings. The molecule has 0 bridgehead atoms. The van der Waals surface area contributed by atoms with Crippen LogP contribution in [0, 0.1) is 11.7 Å². The van der Waals surface area contributed by atoms with Crippen molar-refractivity contribution in [2.24, 2.45) is 5.92 Å². The molecule has 40 heavy (non-hydrogen) atoms. The molecular formula is C32H33FN2O4S. The Kier molecular flexibility index (Phi) is 8.97. The molecule has 0 radical (unpaired) electrons. The average Bonchev–Trinajstić information content (AvgIpc) is 3.08. The quantitative estimate of drug-likeness (QED) is 0.252. The van der Waals surface area contributed by atoms with Crippen LogP contribution in [-0.4, -0.2) is 54.8 Å². The van der Waals surface area contributed by atoms with E-state index in [1.807, 2.05) is 54.6 Å². The van der Waals surface area contributed by atoms with Crippen molar-refractivity contribution in [2.45, 2.75) is 42.4 Å². The van der Waals surface area contributed by atoms with E-state index in [2.05, 4.69) is 4.90 Å². The molecule has 0 aromatic heterocycles. The van der Waals surface area contributed by atoms with E-state index in [-0.39, 0.29) is 28.7 Å². The number of hydrogen-bond donors (Lipinski definition) is 0. The zero-order chi connectivity index (χ0) is 28.1. The minimum absolute atomic E-state index is 0.0581. The van der Waals surface area contributed by atoms with E-state index in [4.69, 9.17) is 4.74 Å². The summed E-state index contributed by atoms with van der Waals surface area (Å²) < 4.78 is 18.9. The van der Waals surface area contributed by atoms with Crippen LogP contribution in [0.4, 0.5) is 10.1 Å². The summed E-state index contributed by atoms with van der Waals surface area (Å²) in [4.78, 5) is 43.9. The number of rotatable bonds is 8. The van der Waals surface area contributed by atoms with Gasteiger partial charge >= 0.3 is 5.97 Å². The number of halogens is 1. The number of Topliss-reactive ketones (excluding diaryl/α,β-unsaturated/α-hetero) is 1. The number of carbonyl (C=O) groups is 3. The topological polar surface area (TPSA) is 66.9 Å². The van der Waals surface area contributed by atoms with Gasteiger partial charge in [0.1, 0.15) is 5.82 Å². The fourth-order valence-electron chi connectivity index (χ4n) is 5.51. The van der Waals surface area contributed by atoms with Crippen LogP contribution in [-0.2, 0) is 14.3 Å². The van der Waals surface area contributed by atoms with Crippen LogP contribution in [0.25, 0.3) is 0 Å². The van der Waals surface area contributed by atoms with Gasteiger partial charge < -0.3 is 14.5 Å². The van der Waals surface area contributed by atoms with Gasteiger partial charge in [-0.1, -0.05) is 42.5 Å². The first kappa shape index (κ1) is 28.1. The predicted molar refractivity (Wildman–Crippen MR) is 154 cm³/mol. The van der Waals surface area contributed by atoms with Crippen LogP contribution in [0.15, 0.2) is 83.8 Å². The highest BCUT2D eigenvalue weighted by atomic mass is 32.2. The fraction of sp³-hybridized carbons (Fsp3) is 0.344. The van der Waals surface area contributed by atoms with Crippen LogP contribution in [0.1, 0.15) is 47.4 Å². The van der Waals surface area contributed by atoms with E-state index >= 15 is 0 Å². The molecule has 0 saturated carbocycles. The number of fused-ring (bicyclic) bond motifs is 1. The zero-order valence-corrected chi connectivity index (χ0v) is 23.3. The van der Waals surface area contributed by atoms with Crippen LogP contribution < -0.4 is 4.90 Å². The number of para-hydroxylation sites is 1. The molecule has 1 saturated heterocycles. The molecule has 0 aliphatic carbocycles. The third-order valence-electron chi connectivity index (χ3n) is 7.56. The lowest BCUT2D eigenvalue weighted by molar-refractivity contribution is -0.152. The van der Waals surface area contributed by atoms with Crippen molar-refractivity contribution in [2.75, 3.05) is 31.1 Å². The number of esters is 1. The van der Waals surface area contributed by atoms with Gasteiger partial charge in [0.2, 0.25) is 0 Å². The van der Waals surface area contributed by atoms with Crippen molar-refractivity contribution in [3.05, 3.63) is 95.8 Å². The molecule has 0 N–H and O–H groups in total. The second-order valence-corrected chi connectivity index (χ2v) is 11.5. The summed E-state index contributed by atoms with van der Waals surface area (Å²) in [6.45, 7) is 4.21. The summed E-state index contributed by atoms with van der Waals surface area (Å²) in [6, 6.07) is 23.3. The summed E-state index contributed by atoms with van der Waals surface area (Å²) in [7, 11) is 0. The monoisotopic (exact) mass is 560 g/mol. The number of hydrogen-bond acceptors (Lipinski definition) is 6. The standard InChI is InChI=1S/C32H33FN2O4S/c1-22(36)39-30-31(25-8-3-2-4-9-25)40-28-11-6-5-10-27(28)35(32(30)38)19-7-18-34-20-16-24(17-21-34)29(37)23-12-14-26(33)15-13-23/h2-6,8-15,24,30-31H,7,16-21H2,1H3. The van der Waals surface area contributed by atoms with Gasteiger partial charge in [0.15, 0.2) is 11.9 Å². The summed E-state index contributed by atoms with van der Waals surface area (Å²) >= 11 is 1.55. The lowest BCUT2D eigenvalue weighted by Crippen LogP contribution is -2.44. The Morgan fingerprint density at radius 3 is 2.30 bits per heavy atom. The van der Waals surface area contributed by atoms with Crippen molar-refractivity contribution in [3.63, 3.8) is 0 Å². The third kappa shape index (κ3) is 6.45. The van der Waals surface area contributed by atoms with E-state index in [0.717, 1.165) is 55.0 Å². The summed E-state index contributed by atoms with van der Waals surface area (Å²) in [5.74, 6) is -1.02. The molecule has 5 rings (SSSR count). The minimum Gasteiger partial charge on any atom is -0.451 e. The average molecular weight is 561 g/mol. The predicted octanol–water partition coefficient (Wildman–Crippen LogP) is 5.92. The van der Waals surface area contributed by atoms with Crippen molar-refractivity contribution >= 4 is 35.1 Å². The van der Waals surface area contributed by atoms with Crippen molar-refractivity contribution < 1.29 is 23.5 Å². The van der Waals surface area contributed by atoms with Crippen molar-refractivity contribution in [1.82, 2.24) is 4.90 Å². The molecule has 8 heteroatoms. The Balaban J connectivity index is 1.24. The van der Waals surface area contributed by atoms with Gasteiger partial charge in [0.25, 0.3) is 5.91 Å². The van der Waals surface area contributed by atoms with E-state index in [0.29, 0.717) is 12.1 Å². The number of thioether (sulfide) groups is 1. The van der Waals surface area contributed by atoms with E-state index in [1.54, 1.807) is 28.8 Å². The maximum atomic E-state index is 13.9. The maximum absolute atomic E-state index is 13.9. The summed E-state index contributed by atoms with van der Waals surface area (Å²) in [6.07, 6.45) is 1.31. The van der Waals surface area contributed by atoms with Crippen molar-refractivity contribution in [1.29, 1.82) is 0 Å². The van der Waals surface area contributed by atoms with Gasteiger partial charge in [0, 0.05) is 29.8 Å². The Bertz CT molecular complexity index is 1340. The molecule has 2 heterocycles. The van der Waals surface area contributed by atoms with Gasteiger partial charge in [-0.2, -0.15) is 0 Å². The highest BCUT2D eigenvalue weighted by Gasteiger charge is 2.40. The number of piperidine rings is 1. The highest BCUT2D eigenvalue weighted by molar-refractivity contribution is 7.99. The van der Waals surface area contributed by atoms with Gasteiger partial charge in [-0.25, -0.2) is 4.39 Å². The van der Waals surface area contributed by atoms with Crippen LogP contribution >= 0.6 is 11.8 Å². The number of likely N-dealkylation sites (tertiary alicyclic amines) is 1. The molecule has 208 valence electrons. The number of anilines is 1. The Hall–Kier alpha value is -3.49.